The standard InChI is InChI=1S/C18H17ClN4O3/c1-10-6-15(26-9-16-21-22-18(25)23(16)2)13(8-14(10)19)11-4-3-5-12(7-11)17(20)24/h3-8H,9H2,1-2H3,(H2,20,24)(H,22,25). The van der Waals surface area contributed by atoms with Gasteiger partial charge in [0.05, 0.1) is 0 Å². The summed E-state index contributed by atoms with van der Waals surface area (Å²) in [5.41, 5.74) is 7.74. The zero-order valence-electron chi connectivity index (χ0n) is 14.2. The molecule has 0 aliphatic carbocycles. The molecule has 0 unspecified atom stereocenters. The molecule has 134 valence electrons. The maximum Gasteiger partial charge on any atom is 0.343 e. The second-order valence-electron chi connectivity index (χ2n) is 5.84. The number of carbonyl (C=O) groups excluding carboxylic acids is 1. The monoisotopic (exact) mass is 372 g/mol. The number of benzene rings is 2. The van der Waals surface area contributed by atoms with Gasteiger partial charge in [0, 0.05) is 23.2 Å². The van der Waals surface area contributed by atoms with E-state index >= 15 is 0 Å². The average molecular weight is 373 g/mol. The van der Waals surface area contributed by atoms with Gasteiger partial charge in [0.1, 0.15) is 12.4 Å². The van der Waals surface area contributed by atoms with Crippen LogP contribution in [0, 0.1) is 6.92 Å². The molecule has 1 heterocycles. The Bertz CT molecular complexity index is 1040. The number of aromatic nitrogens is 3. The highest BCUT2D eigenvalue weighted by Gasteiger charge is 2.13. The number of nitrogens with one attached hydrogen (secondary N) is 1. The summed E-state index contributed by atoms with van der Waals surface area (Å²) in [6, 6.07) is 10.5. The van der Waals surface area contributed by atoms with Crippen LogP contribution in [0.25, 0.3) is 11.1 Å². The van der Waals surface area contributed by atoms with Gasteiger partial charge >= 0.3 is 5.69 Å². The van der Waals surface area contributed by atoms with E-state index in [2.05, 4.69) is 10.2 Å². The molecule has 8 heteroatoms. The molecule has 0 aliphatic rings. The van der Waals surface area contributed by atoms with Crippen LogP contribution in [-0.4, -0.2) is 20.7 Å². The van der Waals surface area contributed by atoms with E-state index in [9.17, 15) is 9.59 Å². The van der Waals surface area contributed by atoms with Gasteiger partial charge < -0.3 is 10.5 Å². The normalized spacial score (nSPS) is 10.7. The van der Waals surface area contributed by atoms with Gasteiger partial charge in [0.2, 0.25) is 5.91 Å². The first kappa shape index (κ1) is 17.8. The van der Waals surface area contributed by atoms with Crippen LogP contribution in [0.5, 0.6) is 5.75 Å². The summed E-state index contributed by atoms with van der Waals surface area (Å²) in [4.78, 5) is 22.9. The van der Waals surface area contributed by atoms with Gasteiger partial charge in [-0.05, 0) is 42.3 Å². The van der Waals surface area contributed by atoms with Crippen LogP contribution in [0.3, 0.4) is 0 Å². The van der Waals surface area contributed by atoms with E-state index in [1.165, 1.54) is 4.57 Å². The van der Waals surface area contributed by atoms with E-state index in [1.54, 1.807) is 37.4 Å². The molecule has 0 radical (unpaired) electrons. The summed E-state index contributed by atoms with van der Waals surface area (Å²) < 4.78 is 7.26. The van der Waals surface area contributed by atoms with Crippen molar-refractivity contribution in [3.63, 3.8) is 0 Å². The molecule has 0 aliphatic heterocycles. The number of nitrogens with two attached hydrogens (primary N) is 1. The summed E-state index contributed by atoms with van der Waals surface area (Å²) in [7, 11) is 1.61. The lowest BCUT2D eigenvalue weighted by Crippen LogP contribution is -2.15. The van der Waals surface area contributed by atoms with Crippen molar-refractivity contribution in [1.82, 2.24) is 14.8 Å². The Hall–Kier alpha value is -3.06. The topological polar surface area (TPSA) is 103 Å². The molecule has 0 spiro atoms. The number of halogens is 1. The van der Waals surface area contributed by atoms with Gasteiger partial charge in [-0.25, -0.2) is 9.89 Å². The highest BCUT2D eigenvalue weighted by atomic mass is 35.5. The maximum atomic E-state index is 11.5. The summed E-state index contributed by atoms with van der Waals surface area (Å²) in [5.74, 6) is 0.502. The molecule has 3 aromatic rings. The third-order valence-corrected chi connectivity index (χ3v) is 4.46. The smallest absolute Gasteiger partial charge is 0.343 e. The molecule has 1 amide bonds. The number of H-pyrrole nitrogens is 1. The Kier molecular flexibility index (Phi) is 4.81. The number of amides is 1. The Morgan fingerprint density at radius 3 is 2.77 bits per heavy atom. The van der Waals surface area contributed by atoms with E-state index in [0.29, 0.717) is 27.7 Å². The van der Waals surface area contributed by atoms with Crippen molar-refractivity contribution >= 4 is 17.5 Å². The molecule has 0 bridgehead atoms. The zero-order valence-corrected chi connectivity index (χ0v) is 15.0. The van der Waals surface area contributed by atoms with Gasteiger partial charge in [0.15, 0.2) is 5.82 Å². The highest BCUT2D eigenvalue weighted by molar-refractivity contribution is 6.31. The molecular formula is C18H17ClN4O3. The number of carbonyl (C=O) groups is 1. The molecule has 3 N–H and O–H groups in total. The van der Waals surface area contributed by atoms with Gasteiger partial charge in [-0.3, -0.25) is 9.36 Å². The van der Waals surface area contributed by atoms with Crippen molar-refractivity contribution < 1.29 is 9.53 Å². The summed E-state index contributed by atoms with van der Waals surface area (Å²) in [5, 5.41) is 6.86. The molecule has 3 rings (SSSR count). The average Bonchev–Trinajstić information content (AvgIpc) is 2.94. The van der Waals surface area contributed by atoms with Gasteiger partial charge in [-0.1, -0.05) is 23.7 Å². The van der Waals surface area contributed by atoms with E-state index < -0.39 is 5.91 Å². The number of rotatable bonds is 5. The van der Waals surface area contributed by atoms with Crippen molar-refractivity contribution in [3.8, 4) is 16.9 Å². The van der Waals surface area contributed by atoms with E-state index in [1.807, 2.05) is 13.0 Å². The van der Waals surface area contributed by atoms with Crippen molar-refractivity contribution in [2.75, 3.05) is 0 Å². The summed E-state index contributed by atoms with van der Waals surface area (Å²) in [6.45, 7) is 1.96. The molecule has 0 fully saturated rings. The number of aromatic amines is 1. The predicted molar refractivity (Wildman–Crippen MR) is 98.3 cm³/mol. The fourth-order valence-corrected chi connectivity index (χ4v) is 2.65. The summed E-state index contributed by atoms with van der Waals surface area (Å²) in [6.07, 6.45) is 0. The molecule has 0 saturated carbocycles. The molecule has 1 aromatic heterocycles. The SMILES string of the molecule is Cc1cc(OCc2n[nH]c(=O)n2C)c(-c2cccc(C(N)=O)c2)cc1Cl. The first-order chi connectivity index (χ1) is 12.4. The maximum absolute atomic E-state index is 11.5. The second kappa shape index (κ2) is 7.05. The van der Waals surface area contributed by atoms with Gasteiger partial charge in [-0.15, -0.1) is 0 Å². The minimum Gasteiger partial charge on any atom is -0.485 e. The minimum atomic E-state index is -0.515. The van der Waals surface area contributed by atoms with Crippen molar-refractivity contribution in [2.45, 2.75) is 13.5 Å². The molecule has 26 heavy (non-hydrogen) atoms. The van der Waals surface area contributed by atoms with E-state index in [4.69, 9.17) is 22.1 Å². The van der Waals surface area contributed by atoms with Crippen LogP contribution in [0.15, 0.2) is 41.2 Å². The van der Waals surface area contributed by atoms with Crippen LogP contribution in [-0.2, 0) is 13.7 Å². The van der Waals surface area contributed by atoms with Gasteiger partial charge in [0.25, 0.3) is 0 Å². The van der Waals surface area contributed by atoms with Crippen LogP contribution < -0.4 is 16.2 Å². The Morgan fingerprint density at radius 2 is 2.12 bits per heavy atom. The van der Waals surface area contributed by atoms with Crippen molar-refractivity contribution in [3.05, 3.63) is 68.9 Å². The van der Waals surface area contributed by atoms with E-state index in [0.717, 1.165) is 11.1 Å². The van der Waals surface area contributed by atoms with Crippen molar-refractivity contribution in [2.24, 2.45) is 12.8 Å². The molecule has 0 saturated heterocycles. The van der Waals surface area contributed by atoms with Crippen LogP contribution in [0.4, 0.5) is 0 Å². The molecule has 7 nitrogen and oxygen atoms in total. The number of nitrogens with zero attached hydrogens (tertiary/aromatic N) is 2. The predicted octanol–water partition coefficient (Wildman–Crippen LogP) is 2.42. The highest BCUT2D eigenvalue weighted by Crippen LogP contribution is 2.35. The minimum absolute atomic E-state index is 0.0961. The number of ether oxygens (including phenoxy) is 1. The van der Waals surface area contributed by atoms with E-state index in [-0.39, 0.29) is 12.3 Å². The molecule has 2 aromatic carbocycles. The van der Waals surface area contributed by atoms with Crippen LogP contribution in [0.2, 0.25) is 5.02 Å². The van der Waals surface area contributed by atoms with Crippen LogP contribution in [0.1, 0.15) is 21.7 Å². The Labute approximate surface area is 154 Å². The quantitative estimate of drug-likeness (QED) is 0.717. The molecule has 0 atom stereocenters. The third kappa shape index (κ3) is 3.48. The third-order valence-electron chi connectivity index (χ3n) is 4.05. The lowest BCUT2D eigenvalue weighted by Gasteiger charge is -2.14. The summed E-state index contributed by atoms with van der Waals surface area (Å²) >= 11 is 6.27. The first-order valence-electron chi connectivity index (χ1n) is 7.80. The Balaban J connectivity index is 2.01. The number of hydrogen-bond donors (Lipinski definition) is 2. The van der Waals surface area contributed by atoms with Crippen LogP contribution >= 0.6 is 11.6 Å². The first-order valence-corrected chi connectivity index (χ1v) is 8.18. The fourth-order valence-electron chi connectivity index (χ4n) is 2.49. The van der Waals surface area contributed by atoms with Crippen molar-refractivity contribution in [1.29, 1.82) is 0 Å². The zero-order chi connectivity index (χ0) is 18.8. The lowest BCUT2D eigenvalue weighted by molar-refractivity contribution is 0.100. The number of aryl methyl sites for hydroxylation is 1. The Morgan fingerprint density at radius 1 is 1.35 bits per heavy atom. The number of hydrogen-bond acceptors (Lipinski definition) is 4. The fraction of sp³-hybridized carbons (Fsp3) is 0.167. The number of primary amides is 1. The largest absolute Gasteiger partial charge is 0.485 e. The lowest BCUT2D eigenvalue weighted by atomic mass is 10.0. The second-order valence-corrected chi connectivity index (χ2v) is 6.24. The van der Waals surface area contributed by atoms with Gasteiger partial charge in [-0.2, -0.15) is 5.10 Å². The molecular weight excluding hydrogens is 356 g/mol.